The van der Waals surface area contributed by atoms with Crippen molar-refractivity contribution in [1.29, 1.82) is 0 Å². The van der Waals surface area contributed by atoms with Gasteiger partial charge < -0.3 is 4.74 Å². The van der Waals surface area contributed by atoms with Crippen molar-refractivity contribution in [3.63, 3.8) is 0 Å². The monoisotopic (exact) mass is 331 g/mol. The second kappa shape index (κ2) is 8.39. The lowest BCUT2D eigenvalue weighted by Crippen LogP contribution is -2.37. The first kappa shape index (κ1) is 17.9. The maximum Gasteiger partial charge on any atom is 0.0976 e. The highest BCUT2D eigenvalue weighted by Gasteiger charge is 2.23. The van der Waals surface area contributed by atoms with Crippen LogP contribution in [0.1, 0.15) is 37.9 Å². The van der Waals surface area contributed by atoms with Gasteiger partial charge in [0.1, 0.15) is 0 Å². The third-order valence-corrected chi connectivity index (χ3v) is 5.01. The van der Waals surface area contributed by atoms with Crippen LogP contribution < -0.4 is 4.72 Å². The number of benzene rings is 2. The molecule has 0 aromatic heterocycles. The third kappa shape index (κ3) is 5.90. The highest BCUT2D eigenvalue weighted by molar-refractivity contribution is 7.84. The van der Waals surface area contributed by atoms with E-state index in [0.29, 0.717) is 13.2 Å². The zero-order chi connectivity index (χ0) is 16.7. The molecule has 1 N–H and O–H groups in total. The molecule has 23 heavy (non-hydrogen) atoms. The van der Waals surface area contributed by atoms with Gasteiger partial charge in [0, 0.05) is 0 Å². The van der Waals surface area contributed by atoms with Gasteiger partial charge in [0.25, 0.3) is 0 Å². The molecule has 0 fully saturated rings. The first-order valence-electron chi connectivity index (χ1n) is 7.81. The molecule has 0 aliphatic heterocycles. The molecular weight excluding hydrogens is 306 g/mol. The Morgan fingerprint density at radius 2 is 1.57 bits per heavy atom. The quantitative estimate of drug-likeness (QED) is 0.833. The highest BCUT2D eigenvalue weighted by atomic mass is 32.2. The van der Waals surface area contributed by atoms with Crippen LogP contribution in [0.4, 0.5) is 0 Å². The van der Waals surface area contributed by atoms with Crippen LogP contribution in [0.15, 0.2) is 60.7 Å². The highest BCUT2D eigenvalue weighted by Crippen LogP contribution is 2.18. The normalized spacial score (nSPS) is 14.4. The zero-order valence-corrected chi connectivity index (χ0v) is 14.8. The third-order valence-electron chi connectivity index (χ3n) is 3.40. The predicted octanol–water partition coefficient (Wildman–Crippen LogP) is 4.00. The van der Waals surface area contributed by atoms with E-state index in [9.17, 15) is 4.21 Å². The van der Waals surface area contributed by atoms with E-state index in [1.165, 1.54) is 0 Å². The number of ether oxygens (including phenoxy) is 1. The molecule has 0 amide bonds. The Morgan fingerprint density at radius 3 is 2.13 bits per heavy atom. The minimum absolute atomic E-state index is 0.0972. The Labute approximate surface area is 141 Å². The summed E-state index contributed by atoms with van der Waals surface area (Å²) in [5, 5.41) is 0. The average Bonchev–Trinajstić information content (AvgIpc) is 2.54. The molecule has 0 aliphatic carbocycles. The van der Waals surface area contributed by atoms with E-state index >= 15 is 0 Å². The SMILES string of the molecule is CC(C)(C)S(=O)N[C@H](COCc1ccccc1)c1ccccc1. The average molecular weight is 331 g/mol. The first-order chi connectivity index (χ1) is 11.0. The van der Waals surface area contributed by atoms with Crippen molar-refractivity contribution in [2.45, 2.75) is 38.2 Å². The van der Waals surface area contributed by atoms with E-state index in [0.717, 1.165) is 11.1 Å². The molecule has 0 radical (unpaired) electrons. The van der Waals surface area contributed by atoms with Crippen molar-refractivity contribution in [3.05, 3.63) is 71.8 Å². The van der Waals surface area contributed by atoms with Gasteiger partial charge in [0.05, 0.1) is 35.0 Å². The van der Waals surface area contributed by atoms with E-state index in [4.69, 9.17) is 4.74 Å². The fraction of sp³-hybridized carbons (Fsp3) is 0.368. The standard InChI is InChI=1S/C19H25NO2S/c1-19(2,3)23(21)20-18(17-12-8-5-9-13-17)15-22-14-16-10-6-4-7-11-16/h4-13,18,20H,14-15H2,1-3H3/t18-,23?/m1/s1. The molecule has 0 spiro atoms. The van der Waals surface area contributed by atoms with Crippen LogP contribution in [-0.4, -0.2) is 15.6 Å². The predicted molar refractivity (Wildman–Crippen MR) is 96.3 cm³/mol. The molecule has 0 saturated heterocycles. The Morgan fingerprint density at radius 1 is 1.00 bits per heavy atom. The van der Waals surface area contributed by atoms with Gasteiger partial charge in [0.2, 0.25) is 0 Å². The van der Waals surface area contributed by atoms with Crippen LogP contribution in [0.3, 0.4) is 0 Å². The Kier molecular flexibility index (Phi) is 6.51. The molecule has 124 valence electrons. The summed E-state index contributed by atoms with van der Waals surface area (Å²) >= 11 is 0. The number of hydrogen-bond donors (Lipinski definition) is 1. The molecular formula is C19H25NO2S. The van der Waals surface area contributed by atoms with Crippen molar-refractivity contribution in [2.75, 3.05) is 6.61 Å². The lowest BCUT2D eigenvalue weighted by molar-refractivity contribution is 0.104. The van der Waals surface area contributed by atoms with E-state index in [1.807, 2.05) is 81.4 Å². The van der Waals surface area contributed by atoms with Gasteiger partial charge in [-0.15, -0.1) is 0 Å². The molecule has 2 atom stereocenters. The summed E-state index contributed by atoms with van der Waals surface area (Å²) < 4.78 is 21.2. The van der Waals surface area contributed by atoms with Crippen molar-refractivity contribution in [3.8, 4) is 0 Å². The molecule has 2 aromatic carbocycles. The second-order valence-electron chi connectivity index (χ2n) is 6.46. The lowest BCUT2D eigenvalue weighted by atomic mass is 10.1. The molecule has 2 aromatic rings. The van der Waals surface area contributed by atoms with Crippen molar-refractivity contribution in [1.82, 2.24) is 4.72 Å². The van der Waals surface area contributed by atoms with Crippen LogP contribution in [0.25, 0.3) is 0 Å². The van der Waals surface area contributed by atoms with Gasteiger partial charge in [-0.05, 0) is 31.9 Å². The molecule has 2 rings (SSSR count). The molecule has 0 aliphatic rings. The summed E-state index contributed by atoms with van der Waals surface area (Å²) in [6, 6.07) is 20.0. The molecule has 0 bridgehead atoms. The number of rotatable bonds is 7. The topological polar surface area (TPSA) is 38.3 Å². The van der Waals surface area contributed by atoms with Crippen molar-refractivity contribution in [2.24, 2.45) is 0 Å². The minimum atomic E-state index is -1.15. The summed E-state index contributed by atoms with van der Waals surface area (Å²) in [4.78, 5) is 0. The van der Waals surface area contributed by atoms with Gasteiger partial charge in [-0.3, -0.25) is 0 Å². The Bertz CT molecular complexity index is 608. The van der Waals surface area contributed by atoms with Crippen LogP contribution in [-0.2, 0) is 22.3 Å². The van der Waals surface area contributed by atoms with Gasteiger partial charge in [-0.25, -0.2) is 8.93 Å². The lowest BCUT2D eigenvalue weighted by Gasteiger charge is -2.24. The van der Waals surface area contributed by atoms with Crippen LogP contribution in [0.5, 0.6) is 0 Å². The molecule has 0 heterocycles. The number of nitrogens with one attached hydrogen (secondary N) is 1. The van der Waals surface area contributed by atoms with Crippen LogP contribution in [0.2, 0.25) is 0 Å². The fourth-order valence-corrected chi connectivity index (χ4v) is 2.87. The molecule has 3 nitrogen and oxygen atoms in total. The zero-order valence-electron chi connectivity index (χ0n) is 14.0. The van der Waals surface area contributed by atoms with Crippen molar-refractivity contribution >= 4 is 11.0 Å². The summed E-state index contributed by atoms with van der Waals surface area (Å²) in [5.41, 5.74) is 2.22. The fourth-order valence-electron chi connectivity index (χ4n) is 2.06. The van der Waals surface area contributed by atoms with E-state index in [1.54, 1.807) is 0 Å². The van der Waals surface area contributed by atoms with E-state index < -0.39 is 11.0 Å². The van der Waals surface area contributed by atoms with E-state index in [-0.39, 0.29) is 10.8 Å². The minimum Gasteiger partial charge on any atom is -0.375 e. The second-order valence-corrected chi connectivity index (χ2v) is 8.46. The van der Waals surface area contributed by atoms with Gasteiger partial charge in [-0.1, -0.05) is 60.7 Å². The Hall–Kier alpha value is -1.49. The summed E-state index contributed by atoms with van der Waals surface area (Å²) in [7, 11) is -1.15. The van der Waals surface area contributed by atoms with Crippen LogP contribution >= 0.6 is 0 Å². The van der Waals surface area contributed by atoms with Gasteiger partial charge in [0.15, 0.2) is 0 Å². The maximum absolute atomic E-state index is 12.4. The molecule has 1 unspecified atom stereocenters. The largest absolute Gasteiger partial charge is 0.375 e. The summed E-state index contributed by atoms with van der Waals surface area (Å²) in [6.45, 7) is 6.91. The maximum atomic E-state index is 12.4. The summed E-state index contributed by atoms with van der Waals surface area (Å²) in [5.74, 6) is 0. The first-order valence-corrected chi connectivity index (χ1v) is 8.96. The number of hydrogen-bond acceptors (Lipinski definition) is 2. The van der Waals surface area contributed by atoms with Gasteiger partial charge in [-0.2, -0.15) is 0 Å². The molecule has 4 heteroatoms. The smallest absolute Gasteiger partial charge is 0.0976 e. The van der Waals surface area contributed by atoms with Crippen LogP contribution in [0, 0.1) is 0 Å². The van der Waals surface area contributed by atoms with E-state index in [2.05, 4.69) is 4.72 Å². The van der Waals surface area contributed by atoms with Crippen molar-refractivity contribution < 1.29 is 8.95 Å². The summed E-state index contributed by atoms with van der Waals surface area (Å²) in [6.07, 6.45) is 0. The molecule has 0 saturated carbocycles. The Balaban J connectivity index is 2.01. The van der Waals surface area contributed by atoms with Gasteiger partial charge >= 0.3 is 0 Å².